The molecule has 0 bridgehead atoms. The number of hydrogen-bond acceptors (Lipinski definition) is 11. The number of benzene rings is 2. The Morgan fingerprint density at radius 2 is 1.61 bits per heavy atom. The van der Waals surface area contributed by atoms with E-state index >= 15 is 0 Å². The molecule has 2 aromatic heterocycles. The van der Waals surface area contributed by atoms with Crippen molar-refractivity contribution < 1.29 is 22.3 Å². The molecular weight excluding hydrogens is 897 g/mol. The fourth-order valence-corrected chi connectivity index (χ4v) is 102. The summed E-state index contributed by atoms with van der Waals surface area (Å²) < 4.78 is 42.5. The highest BCUT2D eigenvalue weighted by Crippen LogP contribution is 3.12. The van der Waals surface area contributed by atoms with E-state index in [2.05, 4.69) is 79.1 Å². The highest BCUT2D eigenvalue weighted by atomic mass is 35.5. The van der Waals surface area contributed by atoms with Crippen molar-refractivity contribution in [1.82, 2.24) is 25.5 Å². The van der Waals surface area contributed by atoms with Crippen molar-refractivity contribution in [3.05, 3.63) is 59.2 Å². The number of nitrogen functional groups attached to an aromatic ring is 1. The first-order valence-corrected chi connectivity index (χ1v) is 36.4. The van der Waals surface area contributed by atoms with Gasteiger partial charge in [0.25, 0.3) is 5.89 Å². The summed E-state index contributed by atoms with van der Waals surface area (Å²) in [4.78, 5) is 8.88. The number of ether oxygens (including phenoxy) is 2. The molecule has 0 aliphatic carbocycles. The fraction of sp³-hybridized carbons (Fsp3) is 0.333. The Bertz CT molecular complexity index is 1860. The van der Waals surface area contributed by atoms with Crippen LogP contribution in [0.4, 0.5) is 5.82 Å². The molecule has 0 amide bonds. The Balaban J connectivity index is 0.000000398. The predicted molar refractivity (Wildman–Crippen MR) is 242 cm³/mol. The first-order valence-electron chi connectivity index (χ1n) is 15.3. The van der Waals surface area contributed by atoms with Crippen molar-refractivity contribution in [3.63, 3.8) is 0 Å². The van der Waals surface area contributed by atoms with Gasteiger partial charge in [0.2, 0.25) is 5.89 Å². The van der Waals surface area contributed by atoms with E-state index in [1.165, 1.54) is 12.3 Å². The number of hydrogen-bond donors (Lipinski definition) is 2. The lowest BCUT2D eigenvalue weighted by Crippen LogP contribution is -2.28. The van der Waals surface area contributed by atoms with Gasteiger partial charge in [-0.3, -0.25) is 0 Å². The molecule has 2 fully saturated rings. The zero-order valence-corrected chi connectivity index (χ0v) is 40.2. The molecule has 2 saturated heterocycles. The highest BCUT2D eigenvalue weighted by molar-refractivity contribution is 9.18. The summed E-state index contributed by atoms with van der Waals surface area (Å²) in [6.07, 6.45) is 2.94. The summed E-state index contributed by atoms with van der Waals surface area (Å²) in [7, 11) is 15.3. The van der Waals surface area contributed by atoms with Gasteiger partial charge in [-0.15, -0.1) is 63.8 Å². The van der Waals surface area contributed by atoms with Crippen LogP contribution in [0.5, 0.6) is 0 Å². The molecule has 2 aliphatic heterocycles. The molecule has 10 atom stereocenters. The molecule has 2 aromatic carbocycles. The quantitative estimate of drug-likeness (QED) is 0.131. The minimum atomic E-state index is -3.61. The molecule has 24 heteroatoms. The van der Waals surface area contributed by atoms with Crippen LogP contribution in [0.15, 0.2) is 58.0 Å². The maximum Gasteiger partial charge on any atom is 0.270 e. The molecule has 0 saturated carbocycles. The average molecular weight is 937 g/mol. The van der Waals surface area contributed by atoms with E-state index in [0.29, 0.717) is 36.2 Å². The van der Waals surface area contributed by atoms with Gasteiger partial charge in [-0.2, -0.15) is 0 Å². The van der Waals surface area contributed by atoms with Crippen LogP contribution < -0.4 is 11.1 Å². The highest BCUT2D eigenvalue weighted by Gasteiger charge is 2.33. The zero-order chi connectivity index (χ0) is 36.7. The smallest absolute Gasteiger partial charge is 0.270 e. The van der Waals surface area contributed by atoms with Gasteiger partial charge in [-0.05, 0) is 70.6 Å². The third-order valence-corrected chi connectivity index (χ3v) is 69.4. The number of sulfone groups is 1. The summed E-state index contributed by atoms with van der Waals surface area (Å²) in [5, 5.41) is 11.3. The van der Waals surface area contributed by atoms with Gasteiger partial charge < -0.3 is 24.9 Å². The van der Waals surface area contributed by atoms with Crippen LogP contribution in [-0.4, -0.2) is 66.3 Å². The molecule has 51 heavy (non-hydrogen) atoms. The number of nitrogens with one attached hydrogen (secondary N) is 1. The SMILES string of the molecule is Nc1ncc(-c2ccc(S(=O)(=O)C3CCOC3)c(Cl)c2)nc1-c1nnc(-c2ccc(CN[C@@H]3CCOC3)cc2)o1.PPP(P)P(P(P)P)P(P)P. The molecule has 3 N–H and O–H groups in total. The van der Waals surface area contributed by atoms with Gasteiger partial charge in [-0.25, -0.2) is 18.4 Å². The largest absolute Gasteiger partial charge is 0.414 e. The Labute approximate surface area is 323 Å². The van der Waals surface area contributed by atoms with E-state index in [1.54, 1.807) is 12.1 Å². The van der Waals surface area contributed by atoms with E-state index in [0.717, 1.165) is 45.3 Å². The number of rotatable bonds is 12. The maximum absolute atomic E-state index is 13.0. The monoisotopic (exact) mass is 936 g/mol. The molecule has 6 rings (SSSR count). The lowest BCUT2D eigenvalue weighted by atomic mass is 10.1. The predicted octanol–water partition coefficient (Wildman–Crippen LogP) is 9.53. The maximum atomic E-state index is 13.0. The number of nitrogens with two attached hydrogens (primary N) is 1. The first kappa shape index (κ1) is 43.4. The Morgan fingerprint density at radius 1 is 0.941 bits per heavy atom. The van der Waals surface area contributed by atoms with Gasteiger partial charge in [0.15, 0.2) is 21.3 Å². The Kier molecular flexibility index (Phi) is 17.6. The second-order valence-corrected chi connectivity index (χ2v) is 52.9. The topological polar surface area (TPSA) is 155 Å². The first-order chi connectivity index (χ1) is 24.4. The van der Waals surface area contributed by atoms with Gasteiger partial charge in [0.05, 0.1) is 40.3 Å². The molecule has 0 radical (unpaired) electrons. The number of halogens is 1. The van der Waals surface area contributed by atoms with Crippen molar-refractivity contribution in [1.29, 1.82) is 0 Å². The Morgan fingerprint density at radius 3 is 2.20 bits per heavy atom. The van der Waals surface area contributed by atoms with Crippen molar-refractivity contribution in [2.45, 2.75) is 35.6 Å². The fourth-order valence-electron chi connectivity index (χ4n) is 5.07. The van der Waals surface area contributed by atoms with Gasteiger partial charge in [0, 0.05) is 36.9 Å². The molecule has 2 aliphatic rings. The number of nitrogens with zero attached hydrogens (tertiary/aromatic N) is 4. The van der Waals surface area contributed by atoms with Crippen molar-refractivity contribution in [2.24, 2.45) is 0 Å². The second kappa shape index (κ2) is 20.6. The minimum Gasteiger partial charge on any atom is -0.414 e. The van der Waals surface area contributed by atoms with Crippen LogP contribution in [-0.2, 0) is 25.9 Å². The molecule has 0 spiro atoms. The standard InChI is InChI=1S/C27H27ClN6O5S.H13P11/c28-21-11-18(5-6-23(21)40(35,36)20-8-10-38-15-20)22-13-31-25(29)24(32-22)27-34-33-26(39-27)17-3-1-16(2-4-17)12-30-19-7-9-37-14-19;1-7-10(6)11(8(2)3)9(4)5/h1-6,11,13,19-20,30H,7-10,12,14-15H2,(H2,29,31);7H,1-6H2/t19-,20?;/m1./s1. The summed E-state index contributed by atoms with van der Waals surface area (Å²) in [5.74, 6) is 0.543. The van der Waals surface area contributed by atoms with Crippen LogP contribution in [0.2, 0.25) is 5.02 Å². The van der Waals surface area contributed by atoms with E-state index in [-0.39, 0.29) is 61.9 Å². The summed E-state index contributed by atoms with van der Waals surface area (Å²) in [6, 6.07) is 12.9. The van der Waals surface area contributed by atoms with E-state index in [1.807, 2.05) is 24.3 Å². The summed E-state index contributed by atoms with van der Waals surface area (Å²) in [6.45, 7) is 3.63. The van der Waals surface area contributed by atoms with Gasteiger partial charge >= 0.3 is 0 Å². The van der Waals surface area contributed by atoms with E-state index in [9.17, 15) is 8.42 Å². The molecule has 4 aromatic rings. The van der Waals surface area contributed by atoms with Gasteiger partial charge in [0.1, 0.15) is 0 Å². The zero-order valence-electron chi connectivity index (χ0n) is 27.2. The minimum absolute atomic E-state index is 0.0629. The summed E-state index contributed by atoms with van der Waals surface area (Å²) >= 11 is 6.42. The van der Waals surface area contributed by atoms with Crippen molar-refractivity contribution >= 4 is 117 Å². The molecule has 11 nitrogen and oxygen atoms in total. The van der Waals surface area contributed by atoms with Gasteiger partial charge in [-0.1, -0.05) is 37.8 Å². The number of aromatic nitrogens is 4. The molecule has 4 heterocycles. The summed E-state index contributed by atoms with van der Waals surface area (Å²) in [5.41, 5.74) is 9.18. The van der Waals surface area contributed by atoms with Crippen LogP contribution >= 0.6 is 101 Å². The third-order valence-electron chi connectivity index (χ3n) is 7.75. The third kappa shape index (κ3) is 11.7. The van der Waals surface area contributed by atoms with Crippen molar-refractivity contribution in [3.8, 4) is 34.3 Å². The normalized spacial score (nSPS) is 18.6. The van der Waals surface area contributed by atoms with Crippen molar-refractivity contribution in [2.75, 3.05) is 32.2 Å². The second-order valence-electron chi connectivity index (χ2n) is 11.2. The van der Waals surface area contributed by atoms with Crippen LogP contribution in [0, 0.1) is 0 Å². The number of anilines is 1. The van der Waals surface area contributed by atoms with Crippen LogP contribution in [0.25, 0.3) is 34.3 Å². The van der Waals surface area contributed by atoms with E-state index in [4.69, 9.17) is 31.2 Å². The van der Waals surface area contributed by atoms with Crippen LogP contribution in [0.3, 0.4) is 0 Å². The molecule has 9 unspecified atom stereocenters. The lowest BCUT2D eigenvalue weighted by Gasteiger charge is -2.29. The molecular formula is C27H40ClN6O5P11S. The van der Waals surface area contributed by atoms with Crippen LogP contribution in [0.1, 0.15) is 18.4 Å². The lowest BCUT2D eigenvalue weighted by molar-refractivity contribution is 0.190. The average Bonchev–Trinajstić information content (AvgIpc) is 3.92. The van der Waals surface area contributed by atoms with E-state index < -0.39 is 15.1 Å². The molecule has 276 valence electrons. The Hall–Kier alpha value is 1.31.